The fraction of sp³-hybridized carbons (Fsp3) is 0.588. The van der Waals surface area contributed by atoms with Gasteiger partial charge in [-0.2, -0.15) is 0 Å². The molecule has 3 nitrogen and oxygen atoms in total. The number of carboxylic acids is 1. The smallest absolute Gasteiger partial charge is 0.306 e. The predicted molar refractivity (Wildman–Crippen MR) is 84.1 cm³/mol. The van der Waals surface area contributed by atoms with Crippen LogP contribution in [0.3, 0.4) is 0 Å². The van der Waals surface area contributed by atoms with E-state index in [0.29, 0.717) is 12.5 Å². The fourth-order valence-electron chi connectivity index (χ4n) is 2.83. The first-order valence-corrected chi connectivity index (χ1v) is 7.96. The molecule has 3 atom stereocenters. The molecule has 1 N–H and O–H groups in total. The van der Waals surface area contributed by atoms with Gasteiger partial charge in [-0.3, -0.25) is 4.79 Å². The molecule has 21 heavy (non-hydrogen) atoms. The molecule has 1 aliphatic carbocycles. The summed E-state index contributed by atoms with van der Waals surface area (Å²) in [5, 5.41) is 9.79. The standard InChI is InChI=1S/C17H23ClO3/c1-4-5-21-16-7-11(3)15(18)8-12(16)6-10(2)13-9-14(13)17(19)20/h7-8,10,13-14H,4-6,9H2,1-3H3,(H,19,20). The van der Waals surface area contributed by atoms with E-state index in [1.54, 1.807) is 0 Å². The van der Waals surface area contributed by atoms with Crippen LogP contribution in [-0.2, 0) is 11.2 Å². The van der Waals surface area contributed by atoms with Crippen molar-refractivity contribution in [1.29, 1.82) is 0 Å². The molecule has 1 aromatic rings. The van der Waals surface area contributed by atoms with Gasteiger partial charge < -0.3 is 9.84 Å². The molecule has 3 unspecified atom stereocenters. The average Bonchev–Trinajstić information content (AvgIpc) is 3.21. The third-order valence-corrected chi connectivity index (χ3v) is 4.64. The van der Waals surface area contributed by atoms with Gasteiger partial charge in [-0.15, -0.1) is 0 Å². The third-order valence-electron chi connectivity index (χ3n) is 4.23. The molecule has 116 valence electrons. The molecule has 0 aliphatic heterocycles. The summed E-state index contributed by atoms with van der Waals surface area (Å²) in [6.07, 6.45) is 2.56. The Morgan fingerprint density at radius 2 is 2.24 bits per heavy atom. The van der Waals surface area contributed by atoms with E-state index in [0.717, 1.165) is 41.2 Å². The van der Waals surface area contributed by atoms with E-state index in [2.05, 4.69) is 13.8 Å². The van der Waals surface area contributed by atoms with Gasteiger partial charge in [-0.05, 0) is 61.3 Å². The number of hydrogen-bond acceptors (Lipinski definition) is 2. The summed E-state index contributed by atoms with van der Waals surface area (Å²) in [4.78, 5) is 11.0. The van der Waals surface area contributed by atoms with Crippen LogP contribution in [0.4, 0.5) is 0 Å². The molecule has 0 heterocycles. The van der Waals surface area contributed by atoms with Crippen LogP contribution >= 0.6 is 11.6 Å². The minimum absolute atomic E-state index is 0.166. The Labute approximate surface area is 131 Å². The summed E-state index contributed by atoms with van der Waals surface area (Å²) < 4.78 is 5.82. The minimum Gasteiger partial charge on any atom is -0.493 e. The molecule has 1 fully saturated rings. The van der Waals surface area contributed by atoms with E-state index in [9.17, 15) is 4.79 Å². The molecule has 0 radical (unpaired) electrons. The molecule has 2 rings (SSSR count). The van der Waals surface area contributed by atoms with Gasteiger partial charge >= 0.3 is 5.97 Å². The molecule has 0 amide bonds. The topological polar surface area (TPSA) is 46.5 Å². The molecule has 1 aromatic carbocycles. The summed E-state index contributed by atoms with van der Waals surface area (Å²) in [7, 11) is 0. The molecular weight excluding hydrogens is 288 g/mol. The highest BCUT2D eigenvalue weighted by Crippen LogP contribution is 2.46. The zero-order valence-electron chi connectivity index (χ0n) is 12.9. The lowest BCUT2D eigenvalue weighted by atomic mass is 9.94. The SMILES string of the molecule is CCCOc1cc(C)c(Cl)cc1CC(C)C1CC1C(=O)O. The van der Waals surface area contributed by atoms with Crippen molar-refractivity contribution in [3.63, 3.8) is 0 Å². The number of aliphatic carboxylic acids is 1. The minimum atomic E-state index is -0.670. The Balaban J connectivity index is 2.11. The van der Waals surface area contributed by atoms with Crippen LogP contribution in [0, 0.1) is 24.7 Å². The van der Waals surface area contributed by atoms with E-state index in [-0.39, 0.29) is 11.8 Å². The quantitative estimate of drug-likeness (QED) is 0.815. The molecule has 1 saturated carbocycles. The molecule has 1 aliphatic rings. The maximum absolute atomic E-state index is 11.0. The normalized spacial score (nSPS) is 21.9. The maximum Gasteiger partial charge on any atom is 0.306 e. The number of rotatable bonds is 7. The van der Waals surface area contributed by atoms with E-state index in [4.69, 9.17) is 21.4 Å². The van der Waals surface area contributed by atoms with E-state index in [1.807, 2.05) is 19.1 Å². The van der Waals surface area contributed by atoms with Crippen molar-refractivity contribution in [3.8, 4) is 5.75 Å². The first kappa shape index (κ1) is 16.2. The number of hydrogen-bond donors (Lipinski definition) is 1. The van der Waals surface area contributed by atoms with Crippen molar-refractivity contribution in [3.05, 3.63) is 28.3 Å². The summed E-state index contributed by atoms with van der Waals surface area (Å²) >= 11 is 6.23. The Kier molecular flexibility index (Phi) is 5.15. The van der Waals surface area contributed by atoms with Crippen molar-refractivity contribution in [1.82, 2.24) is 0 Å². The first-order chi connectivity index (χ1) is 9.93. The van der Waals surface area contributed by atoms with Crippen molar-refractivity contribution in [2.24, 2.45) is 17.8 Å². The highest BCUT2D eigenvalue weighted by molar-refractivity contribution is 6.31. The zero-order valence-corrected chi connectivity index (χ0v) is 13.6. The number of carboxylic acid groups (broad SMARTS) is 1. The van der Waals surface area contributed by atoms with Crippen LogP contribution in [0.25, 0.3) is 0 Å². The number of halogens is 1. The molecule has 0 aromatic heterocycles. The summed E-state index contributed by atoms with van der Waals surface area (Å²) in [5.74, 6) is 0.658. The number of benzene rings is 1. The van der Waals surface area contributed by atoms with Gasteiger partial charge in [0.2, 0.25) is 0 Å². The van der Waals surface area contributed by atoms with Gasteiger partial charge in [0.05, 0.1) is 12.5 Å². The van der Waals surface area contributed by atoms with Gasteiger partial charge in [-0.1, -0.05) is 25.4 Å². The van der Waals surface area contributed by atoms with E-state index >= 15 is 0 Å². The Morgan fingerprint density at radius 3 is 2.81 bits per heavy atom. The molecule has 0 saturated heterocycles. The van der Waals surface area contributed by atoms with Crippen molar-refractivity contribution in [2.75, 3.05) is 6.61 Å². The monoisotopic (exact) mass is 310 g/mol. The van der Waals surface area contributed by atoms with Crippen molar-refractivity contribution in [2.45, 2.75) is 40.0 Å². The number of aryl methyl sites for hydroxylation is 1. The lowest BCUT2D eigenvalue weighted by Gasteiger charge is -2.16. The van der Waals surface area contributed by atoms with Gasteiger partial charge in [0.15, 0.2) is 0 Å². The summed E-state index contributed by atoms with van der Waals surface area (Å²) in [6, 6.07) is 3.96. The highest BCUT2D eigenvalue weighted by atomic mass is 35.5. The van der Waals surface area contributed by atoms with E-state index < -0.39 is 5.97 Å². The van der Waals surface area contributed by atoms with Crippen LogP contribution in [-0.4, -0.2) is 17.7 Å². The van der Waals surface area contributed by atoms with Crippen LogP contribution in [0.5, 0.6) is 5.75 Å². The second-order valence-electron chi connectivity index (χ2n) is 6.08. The Bertz CT molecular complexity index is 527. The average molecular weight is 311 g/mol. The van der Waals surface area contributed by atoms with E-state index in [1.165, 1.54) is 0 Å². The van der Waals surface area contributed by atoms with Crippen LogP contribution in [0.15, 0.2) is 12.1 Å². The van der Waals surface area contributed by atoms with Crippen molar-refractivity contribution >= 4 is 17.6 Å². The molecule has 0 bridgehead atoms. The Morgan fingerprint density at radius 1 is 1.52 bits per heavy atom. The lowest BCUT2D eigenvalue weighted by Crippen LogP contribution is -2.09. The first-order valence-electron chi connectivity index (χ1n) is 7.58. The van der Waals surface area contributed by atoms with Crippen LogP contribution < -0.4 is 4.74 Å². The highest BCUT2D eigenvalue weighted by Gasteiger charge is 2.46. The van der Waals surface area contributed by atoms with Crippen molar-refractivity contribution < 1.29 is 14.6 Å². The number of carbonyl (C=O) groups is 1. The molecular formula is C17H23ClO3. The molecule has 0 spiro atoms. The number of ether oxygens (including phenoxy) is 1. The van der Waals surface area contributed by atoms with Gasteiger partial charge in [-0.25, -0.2) is 0 Å². The van der Waals surface area contributed by atoms with Gasteiger partial charge in [0.1, 0.15) is 5.75 Å². The fourth-order valence-corrected chi connectivity index (χ4v) is 3.01. The second-order valence-corrected chi connectivity index (χ2v) is 6.49. The van der Waals surface area contributed by atoms with Gasteiger partial charge in [0, 0.05) is 5.02 Å². The molecule has 4 heteroatoms. The largest absolute Gasteiger partial charge is 0.493 e. The zero-order chi connectivity index (χ0) is 15.6. The predicted octanol–water partition coefficient (Wildman–Crippen LogP) is 4.34. The Hall–Kier alpha value is -1.22. The maximum atomic E-state index is 11.0. The van der Waals surface area contributed by atoms with Crippen LogP contribution in [0.2, 0.25) is 5.02 Å². The second kappa shape index (κ2) is 6.69. The summed E-state index contributed by atoms with van der Waals surface area (Å²) in [5.41, 5.74) is 2.09. The lowest BCUT2D eigenvalue weighted by molar-refractivity contribution is -0.139. The van der Waals surface area contributed by atoms with Gasteiger partial charge in [0.25, 0.3) is 0 Å². The van der Waals surface area contributed by atoms with Crippen LogP contribution in [0.1, 0.15) is 37.8 Å². The third kappa shape index (κ3) is 3.91. The summed E-state index contributed by atoms with van der Waals surface area (Å²) in [6.45, 7) is 6.84.